The summed E-state index contributed by atoms with van der Waals surface area (Å²) in [5.41, 5.74) is 0.380. The maximum atomic E-state index is 13.1. The summed E-state index contributed by atoms with van der Waals surface area (Å²) in [7, 11) is 0. The molecule has 0 atom stereocenters. The van der Waals surface area contributed by atoms with E-state index in [-0.39, 0.29) is 11.3 Å². The first kappa shape index (κ1) is 14.8. The number of anilines is 1. The lowest BCUT2D eigenvalue weighted by Gasteiger charge is -2.56. The first-order chi connectivity index (χ1) is 10.5. The third-order valence-electron chi connectivity index (χ3n) is 5.89. The number of halogens is 2. The molecule has 1 aromatic rings. The molecular weight excluding hydrogens is 319 g/mol. The Morgan fingerprint density at radius 3 is 2.09 bits per heavy atom. The second-order valence-corrected chi connectivity index (χ2v) is 8.29. The van der Waals surface area contributed by atoms with Crippen molar-refractivity contribution in [1.29, 1.82) is 0 Å². The van der Waals surface area contributed by atoms with Crippen molar-refractivity contribution in [3.8, 4) is 0 Å². The summed E-state index contributed by atoms with van der Waals surface area (Å²) in [4.78, 5) is 13.1. The molecule has 0 unspecified atom stereocenters. The molecule has 0 aliphatic heterocycles. The minimum Gasteiger partial charge on any atom is -0.272 e. The van der Waals surface area contributed by atoms with Crippen LogP contribution in [0.4, 0.5) is 5.69 Å². The van der Waals surface area contributed by atoms with Gasteiger partial charge in [0.1, 0.15) is 0 Å². The smallest absolute Gasteiger partial charge is 0.247 e. The van der Waals surface area contributed by atoms with E-state index in [4.69, 9.17) is 29.0 Å². The third kappa shape index (κ3) is 2.26. The van der Waals surface area contributed by atoms with Crippen LogP contribution in [-0.4, -0.2) is 5.91 Å². The van der Waals surface area contributed by atoms with Crippen LogP contribution < -0.4 is 10.9 Å². The summed E-state index contributed by atoms with van der Waals surface area (Å²) in [5, 5.41) is 2.20. The quantitative estimate of drug-likeness (QED) is 0.493. The molecule has 118 valence electrons. The SMILES string of the molecule is NN(C(=O)C12CC3CC(CC(C3)C1)C2)c1ccc(Cl)c(Cl)c1. The van der Waals surface area contributed by atoms with Crippen molar-refractivity contribution < 1.29 is 4.79 Å². The molecule has 2 N–H and O–H groups in total. The Morgan fingerprint density at radius 2 is 1.59 bits per heavy atom. The van der Waals surface area contributed by atoms with Gasteiger partial charge in [-0.3, -0.25) is 4.79 Å². The van der Waals surface area contributed by atoms with Crippen LogP contribution in [0.3, 0.4) is 0 Å². The molecule has 5 rings (SSSR count). The van der Waals surface area contributed by atoms with Gasteiger partial charge in [0.05, 0.1) is 21.1 Å². The van der Waals surface area contributed by atoms with Gasteiger partial charge in [-0.1, -0.05) is 23.2 Å². The molecule has 4 saturated carbocycles. The number of nitrogens with two attached hydrogens (primary N) is 1. The lowest BCUT2D eigenvalue weighted by atomic mass is 9.49. The second kappa shape index (κ2) is 5.12. The number of nitrogens with zero attached hydrogens (tertiary/aromatic N) is 1. The van der Waals surface area contributed by atoms with Crippen molar-refractivity contribution in [3.63, 3.8) is 0 Å². The Hall–Kier alpha value is -0.770. The van der Waals surface area contributed by atoms with Crippen molar-refractivity contribution in [1.82, 2.24) is 0 Å². The number of benzene rings is 1. The van der Waals surface area contributed by atoms with E-state index in [0.717, 1.165) is 37.0 Å². The van der Waals surface area contributed by atoms with Crippen LogP contribution in [0.15, 0.2) is 18.2 Å². The number of amides is 1. The number of hydrogen-bond donors (Lipinski definition) is 1. The first-order valence-corrected chi connectivity index (χ1v) is 8.77. The van der Waals surface area contributed by atoms with Gasteiger partial charge in [0.2, 0.25) is 5.91 Å². The van der Waals surface area contributed by atoms with E-state index in [0.29, 0.717) is 15.7 Å². The lowest BCUT2D eigenvalue weighted by Crippen LogP contribution is -2.56. The number of hydrazine groups is 1. The highest BCUT2D eigenvalue weighted by atomic mass is 35.5. The third-order valence-corrected chi connectivity index (χ3v) is 6.63. The summed E-state index contributed by atoms with van der Waals surface area (Å²) in [6.07, 6.45) is 6.95. The molecule has 0 spiro atoms. The molecule has 0 radical (unpaired) electrons. The van der Waals surface area contributed by atoms with Crippen LogP contribution in [0, 0.1) is 23.2 Å². The fraction of sp³-hybridized carbons (Fsp3) is 0.588. The monoisotopic (exact) mass is 338 g/mol. The van der Waals surface area contributed by atoms with E-state index < -0.39 is 0 Å². The predicted molar refractivity (Wildman–Crippen MR) is 88.7 cm³/mol. The van der Waals surface area contributed by atoms with Gasteiger partial charge in [-0.05, 0) is 74.5 Å². The minimum absolute atomic E-state index is 0.0602. The molecule has 0 heterocycles. The molecule has 3 nitrogen and oxygen atoms in total. The average Bonchev–Trinajstić information content (AvgIpc) is 2.47. The molecule has 4 aliphatic carbocycles. The zero-order valence-electron chi connectivity index (χ0n) is 12.4. The molecule has 4 bridgehead atoms. The zero-order chi connectivity index (χ0) is 15.5. The van der Waals surface area contributed by atoms with Gasteiger partial charge in [-0.15, -0.1) is 0 Å². The number of rotatable bonds is 2. The summed E-state index contributed by atoms with van der Waals surface area (Å²) in [5.74, 6) is 8.38. The number of carbonyl (C=O) groups excluding carboxylic acids is 1. The topological polar surface area (TPSA) is 46.3 Å². The van der Waals surface area contributed by atoms with Crippen molar-refractivity contribution in [3.05, 3.63) is 28.2 Å². The van der Waals surface area contributed by atoms with Gasteiger partial charge in [-0.2, -0.15) is 0 Å². The molecular formula is C17H20Cl2N2O. The van der Waals surface area contributed by atoms with E-state index >= 15 is 0 Å². The highest BCUT2D eigenvalue weighted by Crippen LogP contribution is 2.60. The Morgan fingerprint density at radius 1 is 1.05 bits per heavy atom. The maximum Gasteiger partial charge on any atom is 0.247 e. The fourth-order valence-electron chi connectivity index (χ4n) is 5.38. The van der Waals surface area contributed by atoms with E-state index in [1.807, 2.05) is 0 Å². The largest absolute Gasteiger partial charge is 0.272 e. The van der Waals surface area contributed by atoms with Crippen LogP contribution >= 0.6 is 23.2 Å². The van der Waals surface area contributed by atoms with Crippen molar-refractivity contribution in [2.75, 3.05) is 5.01 Å². The second-order valence-electron chi connectivity index (χ2n) is 7.47. The van der Waals surface area contributed by atoms with Crippen LogP contribution in [0.5, 0.6) is 0 Å². The summed E-state index contributed by atoms with van der Waals surface area (Å²) >= 11 is 12.0. The Balaban J connectivity index is 1.62. The van der Waals surface area contributed by atoms with E-state index in [1.165, 1.54) is 24.3 Å². The van der Waals surface area contributed by atoms with Crippen LogP contribution in [-0.2, 0) is 4.79 Å². The standard InChI is InChI=1S/C17H20Cl2N2O/c18-14-2-1-13(6-15(14)19)21(20)16(22)17-7-10-3-11(8-17)5-12(4-10)9-17/h1-2,6,10-12H,3-5,7-9,20H2. The molecule has 0 saturated heterocycles. The Bertz CT molecular complexity index is 596. The molecule has 5 heteroatoms. The lowest BCUT2D eigenvalue weighted by molar-refractivity contribution is -0.143. The van der Waals surface area contributed by atoms with Gasteiger partial charge in [0.15, 0.2) is 0 Å². The molecule has 4 aliphatic rings. The van der Waals surface area contributed by atoms with Gasteiger partial charge < -0.3 is 0 Å². The van der Waals surface area contributed by atoms with Crippen molar-refractivity contribution in [2.45, 2.75) is 38.5 Å². The highest BCUT2D eigenvalue weighted by Gasteiger charge is 2.55. The predicted octanol–water partition coefficient (Wildman–Crippen LogP) is 4.42. The van der Waals surface area contributed by atoms with Crippen molar-refractivity contribution >= 4 is 34.8 Å². The van der Waals surface area contributed by atoms with E-state index in [9.17, 15) is 4.79 Å². The molecule has 22 heavy (non-hydrogen) atoms. The summed E-state index contributed by atoms with van der Waals surface area (Å²) in [6.45, 7) is 0. The Labute approximate surface area is 140 Å². The normalized spacial score (nSPS) is 35.7. The van der Waals surface area contributed by atoms with E-state index in [1.54, 1.807) is 18.2 Å². The maximum absolute atomic E-state index is 13.1. The van der Waals surface area contributed by atoms with Gasteiger partial charge in [-0.25, -0.2) is 10.9 Å². The van der Waals surface area contributed by atoms with Gasteiger partial charge in [0.25, 0.3) is 0 Å². The summed E-state index contributed by atoms with van der Waals surface area (Å²) < 4.78 is 0. The molecule has 1 aromatic carbocycles. The van der Waals surface area contributed by atoms with E-state index in [2.05, 4.69) is 0 Å². The van der Waals surface area contributed by atoms with Crippen molar-refractivity contribution in [2.24, 2.45) is 29.0 Å². The number of carbonyl (C=O) groups is 1. The molecule has 4 fully saturated rings. The van der Waals surface area contributed by atoms with Gasteiger partial charge in [0, 0.05) is 0 Å². The highest BCUT2D eigenvalue weighted by molar-refractivity contribution is 6.42. The molecule has 1 amide bonds. The Kier molecular flexibility index (Phi) is 3.44. The minimum atomic E-state index is -0.240. The van der Waals surface area contributed by atoms with Crippen LogP contribution in [0.2, 0.25) is 10.0 Å². The van der Waals surface area contributed by atoms with Crippen LogP contribution in [0.25, 0.3) is 0 Å². The molecule has 0 aromatic heterocycles. The van der Waals surface area contributed by atoms with Crippen LogP contribution in [0.1, 0.15) is 38.5 Å². The zero-order valence-corrected chi connectivity index (χ0v) is 13.9. The van der Waals surface area contributed by atoms with Gasteiger partial charge >= 0.3 is 0 Å². The fourth-order valence-corrected chi connectivity index (χ4v) is 5.67. The number of hydrogen-bond acceptors (Lipinski definition) is 2. The summed E-state index contributed by atoms with van der Waals surface area (Å²) in [6, 6.07) is 5.11. The first-order valence-electron chi connectivity index (χ1n) is 8.01. The average molecular weight is 339 g/mol.